The molecule has 1 saturated carbocycles. The fraction of sp³-hybridized carbons (Fsp3) is 0.636. The molecule has 1 aromatic rings. The first-order valence-electron chi connectivity index (χ1n) is 5.86. The number of nitrogens with zero attached hydrogens (tertiary/aromatic N) is 2. The van der Waals surface area contributed by atoms with E-state index in [1.54, 1.807) is 6.07 Å². The predicted octanol–water partition coefficient (Wildman–Crippen LogP) is 2.05. The Balaban J connectivity index is 1.59. The van der Waals surface area contributed by atoms with Crippen LogP contribution in [0.1, 0.15) is 19.3 Å². The number of hydrogen-bond donors (Lipinski definition) is 2. The van der Waals surface area contributed by atoms with Crippen LogP contribution in [0, 0.1) is 5.92 Å². The van der Waals surface area contributed by atoms with E-state index in [1.807, 2.05) is 0 Å². The van der Waals surface area contributed by atoms with E-state index in [0.29, 0.717) is 16.4 Å². The molecule has 1 heterocycles. The molecule has 0 amide bonds. The van der Waals surface area contributed by atoms with Gasteiger partial charge in [-0.1, -0.05) is 0 Å². The van der Waals surface area contributed by atoms with Gasteiger partial charge in [-0.15, -0.1) is 0 Å². The number of nitrogens with two attached hydrogens (primary N) is 1. The topological polar surface area (TPSA) is 73.1 Å². The molecule has 0 atom stereocenters. The Hall–Kier alpha value is -0.880. The summed E-state index contributed by atoms with van der Waals surface area (Å²) in [4.78, 5) is 8.24. The molecule has 5 nitrogen and oxygen atoms in total. The van der Waals surface area contributed by atoms with Crippen molar-refractivity contribution in [2.75, 3.05) is 30.8 Å². The zero-order valence-electron chi connectivity index (χ0n) is 9.66. The van der Waals surface area contributed by atoms with Gasteiger partial charge in [0.15, 0.2) is 0 Å². The van der Waals surface area contributed by atoms with E-state index < -0.39 is 0 Å². The average molecular weight is 301 g/mol. The Morgan fingerprint density at radius 3 is 3.00 bits per heavy atom. The number of rotatable bonds is 7. The van der Waals surface area contributed by atoms with Crippen LogP contribution in [0.15, 0.2) is 10.7 Å². The van der Waals surface area contributed by atoms with Crippen molar-refractivity contribution in [1.29, 1.82) is 0 Å². The quantitative estimate of drug-likeness (QED) is 0.595. The second-order valence-electron chi connectivity index (χ2n) is 4.24. The lowest BCUT2D eigenvalue weighted by Gasteiger charge is -2.06. The van der Waals surface area contributed by atoms with E-state index in [4.69, 9.17) is 10.5 Å². The molecule has 3 N–H and O–H groups in total. The number of ether oxygens (including phenoxy) is 1. The maximum absolute atomic E-state index is 5.61. The van der Waals surface area contributed by atoms with Crippen molar-refractivity contribution in [3.63, 3.8) is 0 Å². The molecule has 1 fully saturated rings. The van der Waals surface area contributed by atoms with Crippen LogP contribution >= 0.6 is 15.9 Å². The second-order valence-corrected chi connectivity index (χ2v) is 5.05. The van der Waals surface area contributed by atoms with Crippen molar-refractivity contribution >= 4 is 27.7 Å². The molecular weight excluding hydrogens is 284 g/mol. The summed E-state index contributed by atoms with van der Waals surface area (Å²) in [5.41, 5.74) is 5.61. The lowest BCUT2D eigenvalue weighted by molar-refractivity contribution is 0.124. The first-order valence-corrected chi connectivity index (χ1v) is 6.65. The molecule has 0 bridgehead atoms. The third-order valence-electron chi connectivity index (χ3n) is 2.51. The largest absolute Gasteiger partial charge is 0.383 e. The van der Waals surface area contributed by atoms with Crippen LogP contribution < -0.4 is 11.1 Å². The van der Waals surface area contributed by atoms with Crippen molar-refractivity contribution in [2.24, 2.45) is 5.92 Å². The van der Waals surface area contributed by atoms with Gasteiger partial charge in [-0.25, -0.2) is 4.98 Å². The van der Waals surface area contributed by atoms with Gasteiger partial charge in [0.25, 0.3) is 0 Å². The van der Waals surface area contributed by atoms with Crippen molar-refractivity contribution in [2.45, 2.75) is 19.3 Å². The first-order chi connectivity index (χ1) is 8.24. The molecule has 6 heteroatoms. The van der Waals surface area contributed by atoms with Gasteiger partial charge in [-0.05, 0) is 41.1 Å². The highest BCUT2D eigenvalue weighted by molar-refractivity contribution is 9.10. The van der Waals surface area contributed by atoms with Crippen molar-refractivity contribution in [1.82, 2.24) is 9.97 Å². The summed E-state index contributed by atoms with van der Waals surface area (Å²) < 4.78 is 6.22. The van der Waals surface area contributed by atoms with E-state index >= 15 is 0 Å². The standard InChI is InChI=1S/C11H17BrN4O/c12-9-6-10(13)16-11(15-9)14-4-1-5-17-7-8-2-3-8/h6,8H,1-5,7H2,(H3,13,14,15,16). The van der Waals surface area contributed by atoms with Gasteiger partial charge in [0, 0.05) is 25.8 Å². The first kappa shape index (κ1) is 12.6. The summed E-state index contributed by atoms with van der Waals surface area (Å²) in [6.45, 7) is 2.49. The molecule has 1 aromatic heterocycles. The molecule has 0 aliphatic heterocycles. The smallest absolute Gasteiger partial charge is 0.225 e. The number of aromatic nitrogens is 2. The van der Waals surface area contributed by atoms with Crippen LogP contribution in [0.4, 0.5) is 11.8 Å². The van der Waals surface area contributed by atoms with Crippen LogP contribution in [0.25, 0.3) is 0 Å². The molecule has 1 aliphatic rings. The van der Waals surface area contributed by atoms with Gasteiger partial charge in [0.05, 0.1) is 0 Å². The fourth-order valence-electron chi connectivity index (χ4n) is 1.42. The number of nitrogen functional groups attached to an aromatic ring is 1. The van der Waals surface area contributed by atoms with E-state index in [1.165, 1.54) is 12.8 Å². The molecule has 17 heavy (non-hydrogen) atoms. The minimum absolute atomic E-state index is 0.458. The van der Waals surface area contributed by atoms with E-state index in [2.05, 4.69) is 31.2 Å². The molecule has 2 rings (SSSR count). The Morgan fingerprint density at radius 2 is 2.29 bits per heavy atom. The zero-order chi connectivity index (χ0) is 12.1. The number of anilines is 2. The van der Waals surface area contributed by atoms with Crippen LogP contribution in [0.5, 0.6) is 0 Å². The Kier molecular flexibility index (Phi) is 4.56. The minimum Gasteiger partial charge on any atom is -0.383 e. The highest BCUT2D eigenvalue weighted by Gasteiger charge is 2.20. The Labute approximate surface area is 109 Å². The van der Waals surface area contributed by atoms with Gasteiger partial charge in [-0.2, -0.15) is 4.98 Å². The number of nitrogens with one attached hydrogen (secondary N) is 1. The van der Waals surface area contributed by atoms with E-state index in [9.17, 15) is 0 Å². The maximum atomic E-state index is 5.61. The Bertz CT molecular complexity index is 350. The monoisotopic (exact) mass is 300 g/mol. The van der Waals surface area contributed by atoms with Crippen LogP contribution in [0.3, 0.4) is 0 Å². The molecular formula is C11H17BrN4O. The Morgan fingerprint density at radius 1 is 1.47 bits per heavy atom. The molecule has 0 saturated heterocycles. The highest BCUT2D eigenvalue weighted by Crippen LogP contribution is 2.28. The molecule has 94 valence electrons. The van der Waals surface area contributed by atoms with Crippen LogP contribution in [-0.2, 0) is 4.74 Å². The van der Waals surface area contributed by atoms with Gasteiger partial charge in [0.2, 0.25) is 5.95 Å². The van der Waals surface area contributed by atoms with Gasteiger partial charge < -0.3 is 15.8 Å². The molecule has 0 spiro atoms. The van der Waals surface area contributed by atoms with E-state index in [0.717, 1.165) is 32.1 Å². The third kappa shape index (κ3) is 4.87. The lowest BCUT2D eigenvalue weighted by Crippen LogP contribution is -2.10. The SMILES string of the molecule is Nc1cc(Br)nc(NCCCOCC2CC2)n1. The van der Waals surface area contributed by atoms with Crippen molar-refractivity contribution < 1.29 is 4.74 Å². The molecule has 0 radical (unpaired) electrons. The average Bonchev–Trinajstić information content (AvgIpc) is 3.05. The van der Waals surface area contributed by atoms with Crippen LogP contribution in [0.2, 0.25) is 0 Å². The van der Waals surface area contributed by atoms with Crippen molar-refractivity contribution in [3.05, 3.63) is 10.7 Å². The molecule has 1 aliphatic carbocycles. The van der Waals surface area contributed by atoms with Crippen molar-refractivity contribution in [3.8, 4) is 0 Å². The predicted molar refractivity (Wildman–Crippen MR) is 70.8 cm³/mol. The molecule has 0 aromatic carbocycles. The highest BCUT2D eigenvalue weighted by atomic mass is 79.9. The summed E-state index contributed by atoms with van der Waals surface area (Å²) >= 11 is 3.27. The maximum Gasteiger partial charge on any atom is 0.225 e. The third-order valence-corrected chi connectivity index (χ3v) is 2.92. The number of halogens is 1. The fourth-order valence-corrected chi connectivity index (χ4v) is 1.83. The number of hydrogen-bond acceptors (Lipinski definition) is 5. The van der Waals surface area contributed by atoms with Gasteiger partial charge >= 0.3 is 0 Å². The van der Waals surface area contributed by atoms with Gasteiger partial charge in [-0.3, -0.25) is 0 Å². The molecule has 0 unspecified atom stereocenters. The summed E-state index contributed by atoms with van der Waals surface area (Å²) in [6.07, 6.45) is 3.62. The summed E-state index contributed by atoms with van der Waals surface area (Å²) in [6, 6.07) is 1.67. The summed E-state index contributed by atoms with van der Waals surface area (Å²) in [5, 5.41) is 3.12. The zero-order valence-corrected chi connectivity index (χ0v) is 11.2. The summed E-state index contributed by atoms with van der Waals surface area (Å²) in [7, 11) is 0. The van der Waals surface area contributed by atoms with Crippen LogP contribution in [-0.4, -0.2) is 29.7 Å². The second kappa shape index (κ2) is 6.16. The lowest BCUT2D eigenvalue weighted by atomic mass is 10.4. The van der Waals surface area contributed by atoms with E-state index in [-0.39, 0.29) is 0 Å². The minimum atomic E-state index is 0.458. The van der Waals surface area contributed by atoms with Gasteiger partial charge in [0.1, 0.15) is 10.4 Å². The summed E-state index contributed by atoms with van der Waals surface area (Å²) in [5.74, 6) is 1.84. The normalized spacial score (nSPS) is 14.9.